The van der Waals surface area contributed by atoms with E-state index in [0.717, 1.165) is 11.5 Å². The summed E-state index contributed by atoms with van der Waals surface area (Å²) in [7, 11) is 0. The molecule has 0 spiro atoms. The summed E-state index contributed by atoms with van der Waals surface area (Å²) in [4.78, 5) is 9.95. The topological polar surface area (TPSA) is 76.3 Å². The van der Waals surface area contributed by atoms with Crippen LogP contribution in [0.2, 0.25) is 0 Å². The maximum absolute atomic E-state index is 10.6. The highest BCUT2D eigenvalue weighted by atomic mass is 32.1. The maximum atomic E-state index is 10.6. The van der Waals surface area contributed by atoms with Gasteiger partial charge in [-0.1, -0.05) is 0 Å². The molecule has 0 aliphatic carbocycles. The van der Waals surface area contributed by atoms with E-state index in [4.69, 9.17) is 0 Å². The van der Waals surface area contributed by atoms with E-state index in [-0.39, 0.29) is 11.4 Å². The van der Waals surface area contributed by atoms with Gasteiger partial charge in [0.2, 0.25) is 0 Å². The minimum atomic E-state index is -0.605. The maximum Gasteiger partial charge on any atom is 0.320 e. The minimum Gasteiger partial charge on any atom is -0.502 e. The molecule has 0 amide bonds. The number of aromatic hydroxyl groups is 1. The van der Waals surface area contributed by atoms with Crippen molar-refractivity contribution >= 4 is 27.3 Å². The Morgan fingerprint density at radius 2 is 2.31 bits per heavy atom. The SMILES string of the molecule is O=[N+]([O-])c1c(O)ccc2sncc12. The third-order valence-electron chi connectivity index (χ3n) is 1.67. The molecule has 0 aliphatic heterocycles. The van der Waals surface area contributed by atoms with Gasteiger partial charge in [0.15, 0.2) is 5.75 Å². The van der Waals surface area contributed by atoms with Crippen LogP contribution in [0.25, 0.3) is 10.1 Å². The monoisotopic (exact) mass is 196 g/mol. The van der Waals surface area contributed by atoms with Gasteiger partial charge in [-0.3, -0.25) is 10.1 Å². The summed E-state index contributed by atoms with van der Waals surface area (Å²) in [6, 6.07) is 2.91. The van der Waals surface area contributed by atoms with E-state index < -0.39 is 4.92 Å². The number of aromatic nitrogens is 1. The quantitative estimate of drug-likeness (QED) is 0.558. The number of rotatable bonds is 1. The van der Waals surface area contributed by atoms with Crippen molar-refractivity contribution in [2.24, 2.45) is 0 Å². The molecular weight excluding hydrogens is 192 g/mol. The first-order valence-corrected chi connectivity index (χ1v) is 4.18. The number of nitrogens with zero attached hydrogens (tertiary/aromatic N) is 2. The van der Waals surface area contributed by atoms with Crippen molar-refractivity contribution in [3.8, 4) is 5.75 Å². The lowest BCUT2D eigenvalue weighted by Gasteiger charge is -1.95. The van der Waals surface area contributed by atoms with Crippen LogP contribution in [-0.4, -0.2) is 14.4 Å². The second-order valence-corrected chi connectivity index (χ2v) is 3.26. The van der Waals surface area contributed by atoms with Gasteiger partial charge in [0.1, 0.15) is 0 Å². The van der Waals surface area contributed by atoms with Crippen molar-refractivity contribution in [1.29, 1.82) is 0 Å². The van der Waals surface area contributed by atoms with Crippen molar-refractivity contribution in [3.05, 3.63) is 28.4 Å². The first kappa shape index (κ1) is 7.93. The molecule has 0 atom stereocenters. The van der Waals surface area contributed by atoms with Crippen LogP contribution in [-0.2, 0) is 0 Å². The Kier molecular flexibility index (Phi) is 1.63. The van der Waals surface area contributed by atoms with E-state index in [1.807, 2.05) is 0 Å². The fourth-order valence-corrected chi connectivity index (χ4v) is 1.76. The van der Waals surface area contributed by atoms with Crippen LogP contribution < -0.4 is 0 Å². The zero-order valence-electron chi connectivity index (χ0n) is 6.30. The van der Waals surface area contributed by atoms with Crippen LogP contribution in [0.5, 0.6) is 5.75 Å². The van der Waals surface area contributed by atoms with E-state index in [2.05, 4.69) is 4.37 Å². The van der Waals surface area contributed by atoms with Crippen molar-refractivity contribution in [1.82, 2.24) is 4.37 Å². The minimum absolute atomic E-state index is 0.272. The van der Waals surface area contributed by atoms with Gasteiger partial charge in [0.25, 0.3) is 0 Å². The largest absolute Gasteiger partial charge is 0.502 e. The predicted octanol–water partition coefficient (Wildman–Crippen LogP) is 1.91. The zero-order valence-corrected chi connectivity index (χ0v) is 7.11. The summed E-state index contributed by atoms with van der Waals surface area (Å²) < 4.78 is 4.51. The molecule has 13 heavy (non-hydrogen) atoms. The molecule has 1 aromatic carbocycles. The summed E-state index contributed by atoms with van der Waals surface area (Å²) >= 11 is 1.16. The second kappa shape index (κ2) is 2.67. The lowest BCUT2D eigenvalue weighted by atomic mass is 10.2. The fourth-order valence-electron chi connectivity index (χ4n) is 1.11. The van der Waals surface area contributed by atoms with Crippen molar-refractivity contribution in [2.75, 3.05) is 0 Å². The third kappa shape index (κ3) is 1.11. The van der Waals surface area contributed by atoms with Crippen LogP contribution in [0.1, 0.15) is 0 Å². The number of phenols is 1. The van der Waals surface area contributed by atoms with Crippen molar-refractivity contribution in [2.45, 2.75) is 0 Å². The smallest absolute Gasteiger partial charge is 0.320 e. The lowest BCUT2D eigenvalue weighted by molar-refractivity contribution is -0.384. The highest BCUT2D eigenvalue weighted by Crippen LogP contribution is 2.35. The Hall–Kier alpha value is -1.69. The van der Waals surface area contributed by atoms with Crippen molar-refractivity contribution in [3.63, 3.8) is 0 Å². The molecule has 1 N–H and O–H groups in total. The van der Waals surface area contributed by atoms with Gasteiger partial charge < -0.3 is 5.11 Å². The van der Waals surface area contributed by atoms with Crippen LogP contribution in [0.15, 0.2) is 18.3 Å². The zero-order chi connectivity index (χ0) is 9.42. The Bertz CT molecular complexity index is 480. The predicted molar refractivity (Wildman–Crippen MR) is 47.9 cm³/mol. The summed E-state index contributed by atoms with van der Waals surface area (Å²) in [5.74, 6) is -0.322. The standard InChI is InChI=1S/C7H4N2O3S/c10-5-1-2-6-4(3-8-13-6)7(5)9(11)12/h1-3,10H. The molecule has 6 heteroatoms. The Morgan fingerprint density at radius 3 is 3.00 bits per heavy atom. The van der Waals surface area contributed by atoms with E-state index in [9.17, 15) is 15.2 Å². The molecule has 0 saturated carbocycles. The molecule has 0 radical (unpaired) electrons. The van der Waals surface area contributed by atoms with Gasteiger partial charge >= 0.3 is 5.69 Å². The average Bonchev–Trinajstić information content (AvgIpc) is 2.50. The van der Waals surface area contributed by atoms with Crippen LogP contribution in [0.4, 0.5) is 5.69 Å². The molecule has 2 aromatic rings. The molecule has 1 aromatic heterocycles. The number of nitro benzene ring substituents is 1. The molecule has 0 fully saturated rings. The third-order valence-corrected chi connectivity index (χ3v) is 2.43. The molecule has 0 aliphatic rings. The first-order valence-electron chi connectivity index (χ1n) is 3.41. The Labute approximate surface area is 76.6 Å². The highest BCUT2D eigenvalue weighted by molar-refractivity contribution is 7.13. The molecule has 0 unspecified atom stereocenters. The van der Waals surface area contributed by atoms with Crippen LogP contribution in [0, 0.1) is 10.1 Å². The van der Waals surface area contributed by atoms with E-state index in [1.165, 1.54) is 12.3 Å². The average molecular weight is 196 g/mol. The normalized spacial score (nSPS) is 10.5. The summed E-state index contributed by atoms with van der Waals surface area (Å²) in [5.41, 5.74) is -0.272. The van der Waals surface area contributed by atoms with Gasteiger partial charge in [0, 0.05) is 0 Å². The summed E-state index contributed by atoms with van der Waals surface area (Å²) in [6.07, 6.45) is 1.39. The van der Waals surface area contributed by atoms with Crippen LogP contribution in [0.3, 0.4) is 0 Å². The van der Waals surface area contributed by atoms with E-state index in [1.54, 1.807) is 6.07 Å². The number of benzene rings is 1. The molecule has 0 bridgehead atoms. The molecule has 2 rings (SSSR count). The second-order valence-electron chi connectivity index (χ2n) is 2.43. The number of fused-ring (bicyclic) bond motifs is 1. The molecule has 5 nitrogen and oxygen atoms in total. The molecule has 66 valence electrons. The van der Waals surface area contributed by atoms with Crippen LogP contribution >= 0.6 is 11.5 Å². The Morgan fingerprint density at radius 1 is 1.54 bits per heavy atom. The summed E-state index contributed by atoms with van der Waals surface area (Å²) in [5, 5.41) is 20.2. The van der Waals surface area contributed by atoms with Gasteiger partial charge in [0.05, 0.1) is 21.2 Å². The molecule has 1 heterocycles. The van der Waals surface area contributed by atoms with Gasteiger partial charge in [-0.2, -0.15) is 4.37 Å². The van der Waals surface area contributed by atoms with Gasteiger partial charge in [-0.25, -0.2) is 0 Å². The van der Waals surface area contributed by atoms with Gasteiger partial charge in [-0.05, 0) is 23.7 Å². The Balaban J connectivity index is 2.88. The first-order chi connectivity index (χ1) is 6.20. The number of nitro groups is 1. The van der Waals surface area contributed by atoms with E-state index in [0.29, 0.717) is 10.1 Å². The molecule has 0 saturated heterocycles. The van der Waals surface area contributed by atoms with Gasteiger partial charge in [-0.15, -0.1) is 0 Å². The summed E-state index contributed by atoms with van der Waals surface area (Å²) in [6.45, 7) is 0. The highest BCUT2D eigenvalue weighted by Gasteiger charge is 2.18. The number of hydrogen-bond donors (Lipinski definition) is 1. The van der Waals surface area contributed by atoms with E-state index >= 15 is 0 Å². The fraction of sp³-hybridized carbons (Fsp3) is 0. The number of phenolic OH excluding ortho intramolecular Hbond substituents is 1. The lowest BCUT2D eigenvalue weighted by Crippen LogP contribution is -1.88. The number of hydrogen-bond acceptors (Lipinski definition) is 5. The van der Waals surface area contributed by atoms with Crippen molar-refractivity contribution < 1.29 is 10.0 Å². The molecular formula is C7H4N2O3S.